The third-order valence-electron chi connectivity index (χ3n) is 2.28. The first-order valence-corrected chi connectivity index (χ1v) is 5.80. The van der Waals surface area contributed by atoms with Gasteiger partial charge in [0.15, 0.2) is 0 Å². The number of rotatable bonds is 1. The second-order valence-electron chi connectivity index (χ2n) is 3.29. The van der Waals surface area contributed by atoms with Crippen LogP contribution in [-0.2, 0) is 0 Å². The van der Waals surface area contributed by atoms with Crippen molar-refractivity contribution in [3.8, 4) is 6.07 Å². The zero-order valence-electron chi connectivity index (χ0n) is 7.86. The Labute approximate surface area is 88.3 Å². The molecule has 14 heavy (non-hydrogen) atoms. The summed E-state index contributed by atoms with van der Waals surface area (Å²) in [5.74, 6) is 1.22. The number of hydrogen-bond donors (Lipinski definition) is 1. The Morgan fingerprint density at radius 3 is 2.71 bits per heavy atom. The fourth-order valence-electron chi connectivity index (χ4n) is 1.51. The van der Waals surface area contributed by atoms with Crippen LogP contribution in [0.5, 0.6) is 0 Å². The van der Waals surface area contributed by atoms with Gasteiger partial charge in [0, 0.05) is 0 Å². The Bertz CT molecular complexity index is 333. The average molecular weight is 204 g/mol. The van der Waals surface area contributed by atoms with E-state index >= 15 is 0 Å². The topological polar surface area (TPSA) is 35.8 Å². The zero-order chi connectivity index (χ0) is 9.80. The smallest absolute Gasteiger partial charge is 0.0991 e. The molecule has 0 saturated carbocycles. The van der Waals surface area contributed by atoms with E-state index in [4.69, 9.17) is 5.26 Å². The van der Waals surface area contributed by atoms with E-state index in [1.165, 1.54) is 17.7 Å². The second-order valence-corrected chi connectivity index (χ2v) is 4.51. The van der Waals surface area contributed by atoms with Gasteiger partial charge in [-0.3, -0.25) is 0 Å². The van der Waals surface area contributed by atoms with Gasteiger partial charge in [0.05, 0.1) is 17.0 Å². The zero-order valence-corrected chi connectivity index (χ0v) is 8.68. The Balaban J connectivity index is 2.12. The fraction of sp³-hybridized carbons (Fsp3) is 0.364. The number of nitrogens with one attached hydrogen (secondary N) is 1. The molecule has 2 rings (SSSR count). The highest BCUT2D eigenvalue weighted by molar-refractivity contribution is 7.99. The summed E-state index contributed by atoms with van der Waals surface area (Å²) >= 11 is 1.94. The lowest BCUT2D eigenvalue weighted by atomic mass is 10.1. The van der Waals surface area contributed by atoms with Crippen LogP contribution in [-0.4, -0.2) is 12.3 Å². The monoisotopic (exact) mass is 204 g/mol. The van der Waals surface area contributed by atoms with Crippen molar-refractivity contribution in [3.05, 3.63) is 35.4 Å². The first-order chi connectivity index (χ1) is 6.90. The molecule has 1 saturated heterocycles. The number of nitriles is 1. The SMILES string of the molecule is N#Cc1ccc(C2NCCCS2)cc1. The van der Waals surface area contributed by atoms with Crippen molar-refractivity contribution in [1.29, 1.82) is 5.26 Å². The maximum Gasteiger partial charge on any atom is 0.0991 e. The van der Waals surface area contributed by atoms with Gasteiger partial charge in [-0.15, -0.1) is 11.8 Å². The molecule has 3 heteroatoms. The molecule has 0 amide bonds. The highest BCUT2D eigenvalue weighted by Gasteiger charge is 2.14. The van der Waals surface area contributed by atoms with Crippen LogP contribution in [0.3, 0.4) is 0 Å². The standard InChI is InChI=1S/C11H12N2S/c12-8-9-2-4-10(5-3-9)11-13-6-1-7-14-11/h2-5,11,13H,1,6-7H2. The van der Waals surface area contributed by atoms with E-state index in [2.05, 4.69) is 11.4 Å². The molecule has 1 heterocycles. The van der Waals surface area contributed by atoms with Crippen molar-refractivity contribution in [2.75, 3.05) is 12.3 Å². The molecule has 1 N–H and O–H groups in total. The fourth-order valence-corrected chi connectivity index (χ4v) is 2.64. The molecule has 2 nitrogen and oxygen atoms in total. The molecule has 1 aromatic rings. The number of hydrogen-bond acceptors (Lipinski definition) is 3. The molecule has 0 radical (unpaired) electrons. The summed E-state index contributed by atoms with van der Waals surface area (Å²) in [7, 11) is 0. The first kappa shape index (κ1) is 9.57. The lowest BCUT2D eigenvalue weighted by molar-refractivity contribution is 0.643. The van der Waals surface area contributed by atoms with E-state index in [9.17, 15) is 0 Å². The molecule has 1 aliphatic heterocycles. The van der Waals surface area contributed by atoms with Gasteiger partial charge >= 0.3 is 0 Å². The summed E-state index contributed by atoms with van der Waals surface area (Å²) < 4.78 is 0. The lowest BCUT2D eigenvalue weighted by Crippen LogP contribution is -2.25. The molecule has 0 spiro atoms. The van der Waals surface area contributed by atoms with Crippen LogP contribution in [0.1, 0.15) is 22.9 Å². The largest absolute Gasteiger partial charge is 0.302 e. The van der Waals surface area contributed by atoms with Crippen LogP contribution >= 0.6 is 11.8 Å². The van der Waals surface area contributed by atoms with E-state index in [0.29, 0.717) is 5.37 Å². The van der Waals surface area contributed by atoms with Gasteiger partial charge in [-0.05, 0) is 36.4 Å². The van der Waals surface area contributed by atoms with Gasteiger partial charge in [-0.1, -0.05) is 12.1 Å². The number of nitrogens with zero attached hydrogens (tertiary/aromatic N) is 1. The molecule has 72 valence electrons. The Hall–Kier alpha value is -0.980. The Kier molecular flexibility index (Phi) is 3.07. The molecular weight excluding hydrogens is 192 g/mol. The predicted molar refractivity (Wildman–Crippen MR) is 59.0 cm³/mol. The van der Waals surface area contributed by atoms with Crippen LogP contribution in [0.4, 0.5) is 0 Å². The summed E-state index contributed by atoms with van der Waals surface area (Å²) in [4.78, 5) is 0. The van der Waals surface area contributed by atoms with Gasteiger partial charge in [0.25, 0.3) is 0 Å². The summed E-state index contributed by atoms with van der Waals surface area (Å²) in [5, 5.41) is 12.5. The molecular formula is C11H12N2S. The molecule has 0 aliphatic carbocycles. The second kappa shape index (κ2) is 4.50. The van der Waals surface area contributed by atoms with E-state index < -0.39 is 0 Å². The van der Waals surface area contributed by atoms with Crippen LogP contribution < -0.4 is 5.32 Å². The maximum atomic E-state index is 8.67. The molecule has 1 fully saturated rings. The van der Waals surface area contributed by atoms with Crippen molar-refractivity contribution < 1.29 is 0 Å². The summed E-state index contributed by atoms with van der Waals surface area (Å²) in [6.07, 6.45) is 1.25. The van der Waals surface area contributed by atoms with Crippen LogP contribution in [0.25, 0.3) is 0 Å². The van der Waals surface area contributed by atoms with Crippen molar-refractivity contribution in [1.82, 2.24) is 5.32 Å². The van der Waals surface area contributed by atoms with Crippen LogP contribution in [0.2, 0.25) is 0 Å². The quantitative estimate of drug-likeness (QED) is 0.762. The van der Waals surface area contributed by atoms with Gasteiger partial charge in [0.1, 0.15) is 0 Å². The minimum absolute atomic E-state index is 0.413. The predicted octanol–water partition coefficient (Wildman–Crippen LogP) is 2.28. The van der Waals surface area contributed by atoms with Gasteiger partial charge < -0.3 is 5.32 Å². The number of thioether (sulfide) groups is 1. The van der Waals surface area contributed by atoms with Gasteiger partial charge in [-0.2, -0.15) is 5.26 Å². The van der Waals surface area contributed by atoms with E-state index in [-0.39, 0.29) is 0 Å². The van der Waals surface area contributed by atoms with Crippen molar-refractivity contribution >= 4 is 11.8 Å². The third-order valence-corrected chi connectivity index (χ3v) is 3.57. The molecule has 1 atom stereocenters. The number of benzene rings is 1. The van der Waals surface area contributed by atoms with Crippen LogP contribution in [0.15, 0.2) is 24.3 Å². The van der Waals surface area contributed by atoms with Crippen LogP contribution in [0, 0.1) is 11.3 Å². The summed E-state index contributed by atoms with van der Waals surface area (Å²) in [6.45, 7) is 1.09. The Morgan fingerprint density at radius 1 is 1.36 bits per heavy atom. The van der Waals surface area contributed by atoms with Crippen molar-refractivity contribution in [2.45, 2.75) is 11.8 Å². The molecule has 1 unspecified atom stereocenters. The van der Waals surface area contributed by atoms with E-state index in [1.54, 1.807) is 0 Å². The first-order valence-electron chi connectivity index (χ1n) is 4.75. The average Bonchev–Trinajstić information content (AvgIpc) is 2.30. The highest BCUT2D eigenvalue weighted by Crippen LogP contribution is 2.29. The van der Waals surface area contributed by atoms with Gasteiger partial charge in [0.2, 0.25) is 0 Å². The molecule has 0 aromatic heterocycles. The van der Waals surface area contributed by atoms with Gasteiger partial charge in [-0.25, -0.2) is 0 Å². The van der Waals surface area contributed by atoms with Crippen molar-refractivity contribution in [3.63, 3.8) is 0 Å². The molecule has 1 aliphatic rings. The minimum atomic E-state index is 0.413. The maximum absolute atomic E-state index is 8.67. The highest BCUT2D eigenvalue weighted by atomic mass is 32.2. The van der Waals surface area contributed by atoms with E-state index in [0.717, 1.165) is 12.1 Å². The summed E-state index contributed by atoms with van der Waals surface area (Å²) in [6, 6.07) is 9.96. The van der Waals surface area contributed by atoms with Crippen molar-refractivity contribution in [2.24, 2.45) is 0 Å². The minimum Gasteiger partial charge on any atom is -0.302 e. The molecule has 0 bridgehead atoms. The lowest BCUT2D eigenvalue weighted by Gasteiger charge is -2.23. The summed E-state index contributed by atoms with van der Waals surface area (Å²) in [5.41, 5.74) is 2.00. The van der Waals surface area contributed by atoms with E-state index in [1.807, 2.05) is 36.0 Å². The normalized spacial score (nSPS) is 21.5. The molecule has 1 aromatic carbocycles. The Morgan fingerprint density at radius 2 is 2.14 bits per heavy atom. The third kappa shape index (κ3) is 2.09.